The molecule has 0 spiro atoms. The van der Waals surface area contributed by atoms with E-state index in [1.165, 1.54) is 5.56 Å². The van der Waals surface area contributed by atoms with Crippen molar-refractivity contribution in [3.05, 3.63) is 41.9 Å². The van der Waals surface area contributed by atoms with Gasteiger partial charge in [-0.3, -0.25) is 4.79 Å². The first-order valence-corrected chi connectivity index (χ1v) is 8.53. The van der Waals surface area contributed by atoms with Gasteiger partial charge in [0.1, 0.15) is 11.4 Å². The van der Waals surface area contributed by atoms with Gasteiger partial charge >= 0.3 is 5.97 Å². The van der Waals surface area contributed by atoms with E-state index in [2.05, 4.69) is 29.1 Å². The highest BCUT2D eigenvalue weighted by Gasteiger charge is 2.18. The third-order valence-electron chi connectivity index (χ3n) is 3.95. The van der Waals surface area contributed by atoms with E-state index < -0.39 is 0 Å². The third-order valence-corrected chi connectivity index (χ3v) is 3.95. The maximum atomic E-state index is 11.8. The molecule has 0 atom stereocenters. The Morgan fingerprint density at radius 2 is 2.00 bits per heavy atom. The zero-order chi connectivity index (χ0) is 17.5. The summed E-state index contributed by atoms with van der Waals surface area (Å²) in [5.74, 6) is 0.521. The molecule has 2 aromatic heterocycles. The van der Waals surface area contributed by atoms with Crippen LogP contribution in [-0.2, 0) is 33.7 Å². The number of hydrogen-bond acceptors (Lipinski definition) is 4. The minimum Gasteiger partial charge on any atom is -0.497 e. The van der Waals surface area contributed by atoms with Crippen molar-refractivity contribution in [1.82, 2.24) is 9.55 Å². The lowest BCUT2D eigenvalue weighted by molar-refractivity contribution is -0.143. The van der Waals surface area contributed by atoms with Gasteiger partial charge in [-0.2, -0.15) is 0 Å². The number of fused-ring (bicyclic) bond motifs is 1. The molecule has 0 radical (unpaired) electrons. The van der Waals surface area contributed by atoms with Gasteiger partial charge in [-0.15, -0.1) is 0 Å². The monoisotopic (exact) mass is 330 g/mol. The second-order valence-electron chi connectivity index (χ2n) is 5.52. The van der Waals surface area contributed by atoms with E-state index >= 15 is 0 Å². The summed E-state index contributed by atoms with van der Waals surface area (Å²) >= 11 is 0. The molecule has 0 aromatic carbocycles. The smallest absolute Gasteiger partial charge is 0.306 e. The van der Waals surface area contributed by atoms with Crippen LogP contribution in [0, 0.1) is 0 Å². The topological polar surface area (TPSA) is 53.4 Å². The molecule has 2 aromatic rings. The number of aryl methyl sites for hydroxylation is 1. The molecule has 130 valence electrons. The van der Waals surface area contributed by atoms with Crippen molar-refractivity contribution in [2.75, 3.05) is 13.2 Å². The molecule has 5 heteroatoms. The summed E-state index contributed by atoms with van der Waals surface area (Å²) < 4.78 is 12.7. The van der Waals surface area contributed by atoms with Crippen molar-refractivity contribution in [2.24, 2.45) is 0 Å². The maximum absolute atomic E-state index is 11.8. The van der Waals surface area contributed by atoms with Gasteiger partial charge in [0.15, 0.2) is 0 Å². The highest BCUT2D eigenvalue weighted by Crippen LogP contribution is 2.27. The largest absolute Gasteiger partial charge is 0.497 e. The van der Waals surface area contributed by atoms with Crippen LogP contribution in [0.15, 0.2) is 30.7 Å². The molecule has 0 bridgehead atoms. The molecule has 24 heavy (non-hydrogen) atoms. The molecule has 0 aliphatic rings. The molecule has 0 unspecified atom stereocenters. The fraction of sp³-hybridized carbons (Fsp3) is 0.474. The quantitative estimate of drug-likeness (QED) is 0.520. The van der Waals surface area contributed by atoms with E-state index in [0.717, 1.165) is 23.1 Å². The second kappa shape index (κ2) is 8.52. The van der Waals surface area contributed by atoms with E-state index in [1.807, 2.05) is 19.9 Å². The van der Waals surface area contributed by atoms with Crippen molar-refractivity contribution in [2.45, 2.75) is 46.6 Å². The van der Waals surface area contributed by atoms with Crippen molar-refractivity contribution in [3.63, 3.8) is 0 Å². The second-order valence-corrected chi connectivity index (χ2v) is 5.52. The summed E-state index contributed by atoms with van der Waals surface area (Å²) in [5.41, 5.74) is 3.25. The Balaban J connectivity index is 2.41. The fourth-order valence-corrected chi connectivity index (χ4v) is 3.02. The minimum atomic E-state index is -0.173. The van der Waals surface area contributed by atoms with Crippen molar-refractivity contribution in [1.29, 1.82) is 0 Å². The minimum absolute atomic E-state index is 0.173. The van der Waals surface area contributed by atoms with E-state index in [4.69, 9.17) is 9.47 Å². The molecule has 0 fully saturated rings. The molecule has 0 aliphatic heterocycles. The van der Waals surface area contributed by atoms with E-state index in [9.17, 15) is 4.79 Å². The highest BCUT2D eigenvalue weighted by atomic mass is 16.5. The zero-order valence-electron chi connectivity index (χ0n) is 14.8. The van der Waals surface area contributed by atoms with Gasteiger partial charge in [-0.25, -0.2) is 4.98 Å². The van der Waals surface area contributed by atoms with Gasteiger partial charge in [0.25, 0.3) is 0 Å². The van der Waals surface area contributed by atoms with Crippen LogP contribution >= 0.6 is 0 Å². The summed E-state index contributed by atoms with van der Waals surface area (Å²) in [6, 6.07) is 4.02. The van der Waals surface area contributed by atoms with Gasteiger partial charge in [0.05, 0.1) is 26.2 Å². The van der Waals surface area contributed by atoms with Crippen molar-refractivity contribution in [3.8, 4) is 0 Å². The Morgan fingerprint density at radius 1 is 1.25 bits per heavy atom. The van der Waals surface area contributed by atoms with Crippen molar-refractivity contribution >= 4 is 17.0 Å². The summed E-state index contributed by atoms with van der Waals surface area (Å²) in [6.45, 7) is 11.4. The Morgan fingerprint density at radius 3 is 2.67 bits per heavy atom. The lowest BCUT2D eigenvalue weighted by Crippen LogP contribution is -2.12. The van der Waals surface area contributed by atoms with Crippen molar-refractivity contribution < 1.29 is 14.3 Å². The lowest BCUT2D eigenvalue weighted by Gasteiger charge is -2.13. The normalized spacial score (nSPS) is 10.8. The standard InChI is InChI=1S/C19H26N2O3/c1-5-15-16-9-8-12-20-19(16)21(13-14(4)23-6-2)17(15)10-11-18(22)24-7-3/h8-9,12H,4-7,10-11,13H2,1-3H3. The highest BCUT2D eigenvalue weighted by molar-refractivity contribution is 5.82. The number of esters is 1. The number of allylic oxidation sites excluding steroid dienone is 1. The molecule has 0 amide bonds. The molecule has 5 nitrogen and oxygen atoms in total. The molecule has 0 N–H and O–H groups in total. The Kier molecular flexibility index (Phi) is 6.41. The van der Waals surface area contributed by atoms with Crippen LogP contribution < -0.4 is 0 Å². The Bertz CT molecular complexity index is 719. The van der Waals surface area contributed by atoms with Crippen LogP contribution in [0.2, 0.25) is 0 Å². The first-order chi connectivity index (χ1) is 11.6. The van der Waals surface area contributed by atoms with E-state index in [1.54, 1.807) is 6.20 Å². The summed E-state index contributed by atoms with van der Waals surface area (Å²) in [4.78, 5) is 16.3. The van der Waals surface area contributed by atoms with E-state index in [-0.39, 0.29) is 5.97 Å². The lowest BCUT2D eigenvalue weighted by atomic mass is 10.1. The fourth-order valence-electron chi connectivity index (χ4n) is 3.02. The molecule has 0 aliphatic carbocycles. The van der Waals surface area contributed by atoms with Gasteiger partial charge < -0.3 is 14.0 Å². The van der Waals surface area contributed by atoms with Gasteiger partial charge in [0.2, 0.25) is 0 Å². The number of aromatic nitrogens is 2. The van der Waals surface area contributed by atoms with Gasteiger partial charge in [0, 0.05) is 17.3 Å². The molecular formula is C19H26N2O3. The predicted octanol–water partition coefficient (Wildman–Crippen LogP) is 3.64. The van der Waals surface area contributed by atoms with Crippen LogP contribution in [0.4, 0.5) is 0 Å². The average Bonchev–Trinajstić information content (AvgIpc) is 2.86. The van der Waals surface area contributed by atoms with E-state index in [0.29, 0.717) is 38.4 Å². The van der Waals surface area contributed by atoms with Crippen LogP contribution in [0.1, 0.15) is 38.4 Å². The van der Waals surface area contributed by atoms with Crippen LogP contribution in [0.3, 0.4) is 0 Å². The number of ether oxygens (including phenoxy) is 2. The van der Waals surface area contributed by atoms with Crippen LogP contribution in [-0.4, -0.2) is 28.7 Å². The summed E-state index contributed by atoms with van der Waals surface area (Å²) in [7, 11) is 0. The Hall–Kier alpha value is -2.30. The molecule has 2 heterocycles. The number of nitrogens with zero attached hydrogens (tertiary/aromatic N) is 2. The number of rotatable bonds is 9. The molecule has 2 rings (SSSR count). The van der Waals surface area contributed by atoms with Gasteiger partial charge in [-0.05, 0) is 44.4 Å². The molecule has 0 saturated carbocycles. The van der Waals surface area contributed by atoms with Crippen LogP contribution in [0.5, 0.6) is 0 Å². The Labute approximate surface area is 143 Å². The maximum Gasteiger partial charge on any atom is 0.306 e. The molecular weight excluding hydrogens is 304 g/mol. The number of hydrogen-bond donors (Lipinski definition) is 0. The molecule has 0 saturated heterocycles. The summed E-state index contributed by atoms with van der Waals surface area (Å²) in [6.07, 6.45) is 3.65. The van der Waals surface area contributed by atoms with Crippen LogP contribution in [0.25, 0.3) is 11.0 Å². The average molecular weight is 330 g/mol. The zero-order valence-corrected chi connectivity index (χ0v) is 14.8. The first kappa shape index (κ1) is 18.0. The number of carbonyl (C=O) groups is 1. The van der Waals surface area contributed by atoms with Gasteiger partial charge in [-0.1, -0.05) is 13.5 Å². The number of pyridine rings is 1. The SMILES string of the molecule is C=C(Cn1c(CCC(=O)OCC)c(CC)c2cccnc21)OCC. The third kappa shape index (κ3) is 3.96. The number of carbonyl (C=O) groups excluding carboxylic acids is 1. The predicted molar refractivity (Wildman–Crippen MR) is 94.8 cm³/mol. The first-order valence-electron chi connectivity index (χ1n) is 8.53. The summed E-state index contributed by atoms with van der Waals surface area (Å²) in [5, 5.41) is 1.13.